The molecule has 7 nitrogen and oxygen atoms in total. The van der Waals surface area contributed by atoms with Crippen molar-refractivity contribution in [3.8, 4) is 0 Å². The summed E-state index contributed by atoms with van der Waals surface area (Å²) in [5.41, 5.74) is 0. The van der Waals surface area contributed by atoms with Crippen molar-refractivity contribution in [2.75, 3.05) is 5.75 Å². The van der Waals surface area contributed by atoms with E-state index in [-0.39, 0.29) is 6.42 Å². The number of nitrogens with one attached hydrogen (secondary N) is 1. The van der Waals surface area contributed by atoms with Crippen LogP contribution in [0, 0.1) is 0 Å². The summed E-state index contributed by atoms with van der Waals surface area (Å²) in [7, 11) is -4.42. The van der Waals surface area contributed by atoms with E-state index in [4.69, 9.17) is 0 Å². The molecule has 0 aromatic heterocycles. The van der Waals surface area contributed by atoms with Gasteiger partial charge in [0.1, 0.15) is 6.10 Å². The van der Waals surface area contributed by atoms with Gasteiger partial charge in [-0.2, -0.15) is 8.42 Å². The van der Waals surface area contributed by atoms with Crippen LogP contribution < -0.4 is 5.32 Å². The lowest BCUT2D eigenvalue weighted by atomic mass is 10.0. The first-order valence-electron chi connectivity index (χ1n) is 18.5. The highest BCUT2D eigenvalue weighted by Gasteiger charge is 2.27. The minimum atomic E-state index is -4.42. The van der Waals surface area contributed by atoms with E-state index < -0.39 is 40.0 Å². The number of aliphatic hydroxyl groups excluding tert-OH is 2. The minimum absolute atomic E-state index is 0.285. The molecule has 262 valence electrons. The lowest BCUT2D eigenvalue weighted by molar-refractivity contribution is -0.130. The maximum atomic E-state index is 12.5. The molecule has 0 aliphatic heterocycles. The van der Waals surface area contributed by atoms with E-state index in [1.54, 1.807) is 6.08 Å². The number of hydrogen-bond acceptors (Lipinski definition) is 5. The lowest BCUT2D eigenvalue weighted by Gasteiger charge is -2.22. The summed E-state index contributed by atoms with van der Waals surface area (Å²) in [5.74, 6) is -1.53. The SMILES string of the molecule is CCCCCCCC/C=C/C(O)C(CS(=O)(=O)O)NC(=O)C(O)CCCCCCCCCCCCCCCCCCCCC. The van der Waals surface area contributed by atoms with Gasteiger partial charge in [0.05, 0.1) is 17.9 Å². The van der Waals surface area contributed by atoms with Crippen LogP contribution in [-0.2, 0) is 14.9 Å². The molecule has 0 heterocycles. The smallest absolute Gasteiger partial charge is 0.267 e. The van der Waals surface area contributed by atoms with E-state index in [0.717, 1.165) is 38.5 Å². The first-order valence-corrected chi connectivity index (χ1v) is 20.1. The highest BCUT2D eigenvalue weighted by Crippen LogP contribution is 2.15. The Morgan fingerprint density at radius 3 is 1.36 bits per heavy atom. The molecule has 0 rings (SSSR count). The molecule has 0 aliphatic rings. The predicted octanol–water partition coefficient (Wildman–Crippen LogP) is 9.21. The summed E-state index contributed by atoms with van der Waals surface area (Å²) < 4.78 is 32.2. The molecule has 0 spiro atoms. The largest absolute Gasteiger partial charge is 0.387 e. The van der Waals surface area contributed by atoms with Crippen LogP contribution in [0.15, 0.2) is 12.2 Å². The molecule has 0 bridgehead atoms. The van der Waals surface area contributed by atoms with Crippen molar-refractivity contribution < 1.29 is 28.0 Å². The van der Waals surface area contributed by atoms with Crippen molar-refractivity contribution in [3.05, 3.63) is 12.2 Å². The summed E-state index contributed by atoms with van der Waals surface area (Å²) in [5, 5.41) is 23.2. The van der Waals surface area contributed by atoms with E-state index in [0.29, 0.717) is 6.42 Å². The Labute approximate surface area is 272 Å². The van der Waals surface area contributed by atoms with E-state index in [9.17, 15) is 28.0 Å². The van der Waals surface area contributed by atoms with Crippen molar-refractivity contribution >= 4 is 16.0 Å². The molecule has 3 atom stereocenters. The van der Waals surface area contributed by atoms with E-state index in [2.05, 4.69) is 19.2 Å². The average molecular weight is 646 g/mol. The molecular formula is C36H71NO6S. The Bertz CT molecular complexity index is 773. The first-order chi connectivity index (χ1) is 21.2. The molecule has 3 unspecified atom stereocenters. The number of allylic oxidation sites excluding steroid dienone is 1. The second-order valence-electron chi connectivity index (χ2n) is 13.0. The van der Waals surface area contributed by atoms with Crippen molar-refractivity contribution in [2.24, 2.45) is 0 Å². The van der Waals surface area contributed by atoms with Gasteiger partial charge in [0.2, 0.25) is 5.91 Å². The standard InChI is InChI=1S/C36H71NO6S/c1-3-5-7-9-11-13-14-15-16-17-18-19-20-21-22-23-25-27-29-31-35(39)36(40)37-33(32-44(41,42)43)34(38)30-28-26-24-12-10-8-6-4-2/h28,30,33-35,38-39H,3-27,29,31-32H2,1-2H3,(H,37,40)(H,41,42,43)/b30-28+. The van der Waals surface area contributed by atoms with E-state index in [1.807, 2.05) is 0 Å². The number of aliphatic hydroxyl groups is 2. The second kappa shape index (κ2) is 30.7. The molecule has 0 radical (unpaired) electrons. The lowest BCUT2D eigenvalue weighted by Crippen LogP contribution is -2.50. The van der Waals surface area contributed by atoms with Crippen LogP contribution in [0.2, 0.25) is 0 Å². The minimum Gasteiger partial charge on any atom is -0.387 e. The molecule has 1 amide bonds. The van der Waals surface area contributed by atoms with Gasteiger partial charge < -0.3 is 15.5 Å². The second-order valence-corrected chi connectivity index (χ2v) is 14.5. The maximum Gasteiger partial charge on any atom is 0.267 e. The van der Waals surface area contributed by atoms with Crippen molar-refractivity contribution in [2.45, 2.75) is 205 Å². The summed E-state index contributed by atoms with van der Waals surface area (Å²) in [6, 6.07) is -1.22. The van der Waals surface area contributed by atoms with E-state index in [1.165, 1.54) is 128 Å². The number of amides is 1. The summed E-state index contributed by atoms with van der Waals surface area (Å²) in [6.45, 7) is 4.44. The number of hydrogen-bond donors (Lipinski definition) is 4. The molecule has 0 aromatic carbocycles. The van der Waals surface area contributed by atoms with Crippen LogP contribution in [0.4, 0.5) is 0 Å². The number of unbranched alkanes of at least 4 members (excludes halogenated alkanes) is 24. The Morgan fingerprint density at radius 1 is 0.614 bits per heavy atom. The summed E-state index contributed by atoms with van der Waals surface area (Å²) in [4.78, 5) is 12.5. The Kier molecular flexibility index (Phi) is 30.0. The molecule has 44 heavy (non-hydrogen) atoms. The number of carbonyl (C=O) groups is 1. The van der Waals surface area contributed by atoms with Gasteiger partial charge in [0.25, 0.3) is 10.1 Å². The third-order valence-corrected chi connectivity index (χ3v) is 9.35. The third kappa shape index (κ3) is 29.7. The predicted molar refractivity (Wildman–Crippen MR) is 186 cm³/mol. The Morgan fingerprint density at radius 2 is 0.977 bits per heavy atom. The molecule has 0 aromatic rings. The fourth-order valence-corrected chi connectivity index (χ4v) is 6.43. The van der Waals surface area contributed by atoms with Crippen LogP contribution in [0.1, 0.15) is 187 Å². The number of carbonyl (C=O) groups excluding carboxylic acids is 1. The molecule has 8 heteroatoms. The quantitative estimate of drug-likeness (QED) is 0.0320. The monoisotopic (exact) mass is 646 g/mol. The van der Waals surface area contributed by atoms with Crippen molar-refractivity contribution in [3.63, 3.8) is 0 Å². The van der Waals surface area contributed by atoms with Gasteiger partial charge in [-0.1, -0.05) is 180 Å². The van der Waals surface area contributed by atoms with Gasteiger partial charge in [-0.25, -0.2) is 0 Å². The van der Waals surface area contributed by atoms with Crippen LogP contribution in [-0.4, -0.2) is 53.1 Å². The molecule has 0 aliphatic carbocycles. The Balaban J connectivity index is 3.93. The summed E-state index contributed by atoms with van der Waals surface area (Å²) >= 11 is 0. The molecular weight excluding hydrogens is 574 g/mol. The van der Waals surface area contributed by atoms with Gasteiger partial charge in [-0.15, -0.1) is 0 Å². The van der Waals surface area contributed by atoms with Gasteiger partial charge in [0.15, 0.2) is 0 Å². The fourth-order valence-electron chi connectivity index (χ4n) is 5.69. The van der Waals surface area contributed by atoms with Gasteiger partial charge in [0, 0.05) is 0 Å². The van der Waals surface area contributed by atoms with Gasteiger partial charge in [-0.3, -0.25) is 9.35 Å². The molecule has 0 saturated carbocycles. The topological polar surface area (TPSA) is 124 Å². The summed E-state index contributed by atoms with van der Waals surface area (Å²) in [6.07, 6.45) is 32.9. The Hall–Kier alpha value is -0.960. The molecule has 4 N–H and O–H groups in total. The zero-order valence-corrected chi connectivity index (χ0v) is 29.5. The molecule has 0 fully saturated rings. The van der Waals surface area contributed by atoms with Gasteiger partial charge >= 0.3 is 0 Å². The van der Waals surface area contributed by atoms with Gasteiger partial charge in [-0.05, 0) is 19.3 Å². The van der Waals surface area contributed by atoms with Crippen molar-refractivity contribution in [1.82, 2.24) is 5.32 Å². The van der Waals surface area contributed by atoms with Crippen LogP contribution in [0.5, 0.6) is 0 Å². The van der Waals surface area contributed by atoms with Crippen molar-refractivity contribution in [1.29, 1.82) is 0 Å². The van der Waals surface area contributed by atoms with E-state index >= 15 is 0 Å². The van der Waals surface area contributed by atoms with Crippen LogP contribution in [0.25, 0.3) is 0 Å². The van der Waals surface area contributed by atoms with Crippen LogP contribution >= 0.6 is 0 Å². The maximum absolute atomic E-state index is 12.5. The molecule has 0 saturated heterocycles. The fraction of sp³-hybridized carbons (Fsp3) is 0.917. The number of rotatable bonds is 33. The normalized spacial score (nSPS) is 14.2. The highest BCUT2D eigenvalue weighted by molar-refractivity contribution is 7.85. The highest BCUT2D eigenvalue weighted by atomic mass is 32.2. The average Bonchev–Trinajstić information content (AvgIpc) is 2.98. The third-order valence-electron chi connectivity index (χ3n) is 8.57. The zero-order chi connectivity index (χ0) is 32.7. The first kappa shape index (κ1) is 43.0. The van der Waals surface area contributed by atoms with Crippen LogP contribution in [0.3, 0.4) is 0 Å². The zero-order valence-electron chi connectivity index (χ0n) is 28.7.